The van der Waals surface area contributed by atoms with E-state index in [1.165, 1.54) is 35.6 Å². The number of hydrogen-bond donors (Lipinski definition) is 0. The molecule has 0 saturated carbocycles. The van der Waals surface area contributed by atoms with Gasteiger partial charge in [0.1, 0.15) is 22.3 Å². The molecule has 0 bridgehead atoms. The van der Waals surface area contributed by atoms with E-state index >= 15 is 0 Å². The van der Waals surface area contributed by atoms with E-state index in [0.29, 0.717) is 34.6 Å². The second-order valence-corrected chi connectivity index (χ2v) is 7.11. The third-order valence-corrected chi connectivity index (χ3v) is 5.60. The third kappa shape index (κ3) is 2.13. The Morgan fingerprint density at radius 3 is 2.67 bits per heavy atom. The standard InChI is InChI=1S/C18H14F2N2OS/c1-9-10(2)24-17-15(9)18(23)22-7-6-11(16(22)21-17)8-12-13(19)4-3-5-14(12)20/h3-5,8H,6-7H2,1-2H3/b11-8-. The van der Waals surface area contributed by atoms with Gasteiger partial charge in [0.05, 0.1) is 5.39 Å². The van der Waals surface area contributed by atoms with Crippen molar-refractivity contribution in [2.45, 2.75) is 26.8 Å². The first-order chi connectivity index (χ1) is 11.5. The van der Waals surface area contributed by atoms with E-state index in [1.807, 2.05) is 13.8 Å². The van der Waals surface area contributed by atoms with Gasteiger partial charge in [0, 0.05) is 17.0 Å². The molecule has 24 heavy (non-hydrogen) atoms. The predicted molar refractivity (Wildman–Crippen MR) is 92.2 cm³/mol. The monoisotopic (exact) mass is 344 g/mol. The molecule has 0 atom stereocenters. The molecule has 1 aromatic carbocycles. The zero-order chi connectivity index (χ0) is 17.0. The molecular weight excluding hydrogens is 330 g/mol. The molecule has 1 aliphatic heterocycles. The first kappa shape index (κ1) is 15.2. The van der Waals surface area contributed by atoms with Crippen molar-refractivity contribution in [2.75, 3.05) is 0 Å². The average Bonchev–Trinajstić information content (AvgIpc) is 3.06. The van der Waals surface area contributed by atoms with Crippen LogP contribution in [0.3, 0.4) is 0 Å². The zero-order valence-electron chi connectivity index (χ0n) is 13.2. The minimum atomic E-state index is -0.618. The van der Waals surface area contributed by atoms with Crippen LogP contribution in [0.4, 0.5) is 8.78 Å². The number of hydrogen-bond acceptors (Lipinski definition) is 3. The molecule has 6 heteroatoms. The normalized spacial score (nSPS) is 15.4. The number of thiophene rings is 1. The van der Waals surface area contributed by atoms with Crippen molar-refractivity contribution in [1.29, 1.82) is 0 Å². The molecule has 4 rings (SSSR count). The van der Waals surface area contributed by atoms with Gasteiger partial charge in [-0.3, -0.25) is 9.36 Å². The highest BCUT2D eigenvalue weighted by Gasteiger charge is 2.24. The Morgan fingerprint density at radius 1 is 1.25 bits per heavy atom. The van der Waals surface area contributed by atoms with Crippen LogP contribution in [0.5, 0.6) is 0 Å². The Bertz CT molecular complexity index is 1060. The molecule has 0 spiro atoms. The number of allylic oxidation sites excluding steroid dienone is 1. The van der Waals surface area contributed by atoms with Gasteiger partial charge in [0.25, 0.3) is 5.56 Å². The maximum Gasteiger partial charge on any atom is 0.262 e. The quantitative estimate of drug-likeness (QED) is 0.660. The smallest absolute Gasteiger partial charge is 0.262 e. The van der Waals surface area contributed by atoms with Crippen molar-refractivity contribution in [3.8, 4) is 0 Å². The first-order valence-corrected chi connectivity index (χ1v) is 8.44. The topological polar surface area (TPSA) is 34.9 Å². The van der Waals surface area contributed by atoms with Crippen molar-refractivity contribution in [1.82, 2.24) is 9.55 Å². The van der Waals surface area contributed by atoms with E-state index in [2.05, 4.69) is 4.98 Å². The molecule has 3 aromatic rings. The largest absolute Gasteiger partial charge is 0.292 e. The highest BCUT2D eigenvalue weighted by atomic mass is 32.1. The Balaban J connectivity index is 1.95. The zero-order valence-corrected chi connectivity index (χ0v) is 14.0. The van der Waals surface area contributed by atoms with Gasteiger partial charge in [-0.25, -0.2) is 13.8 Å². The lowest BCUT2D eigenvalue weighted by Crippen LogP contribution is -2.20. The van der Waals surface area contributed by atoms with Crippen LogP contribution >= 0.6 is 11.3 Å². The van der Waals surface area contributed by atoms with Gasteiger partial charge >= 0.3 is 0 Å². The SMILES string of the molecule is Cc1sc2nc3n(c(=O)c2c1C)CC/C3=C/c1c(F)cccc1F. The van der Waals surface area contributed by atoms with Crippen molar-refractivity contribution in [3.63, 3.8) is 0 Å². The Morgan fingerprint density at radius 2 is 1.96 bits per heavy atom. The molecule has 0 aliphatic carbocycles. The van der Waals surface area contributed by atoms with Crippen LogP contribution < -0.4 is 5.56 Å². The Kier molecular flexibility index (Phi) is 3.38. The molecule has 0 fully saturated rings. The van der Waals surface area contributed by atoms with Gasteiger partial charge in [-0.1, -0.05) is 6.07 Å². The molecule has 0 N–H and O–H groups in total. The molecule has 3 heterocycles. The van der Waals surface area contributed by atoms with Gasteiger partial charge in [-0.15, -0.1) is 11.3 Å². The summed E-state index contributed by atoms with van der Waals surface area (Å²) >= 11 is 1.47. The highest BCUT2D eigenvalue weighted by Crippen LogP contribution is 2.32. The fourth-order valence-corrected chi connectivity index (χ4v) is 4.10. The van der Waals surface area contributed by atoms with Gasteiger partial charge in [0.15, 0.2) is 0 Å². The van der Waals surface area contributed by atoms with Crippen molar-refractivity contribution >= 4 is 33.2 Å². The lowest BCUT2D eigenvalue weighted by molar-refractivity contribution is 0.579. The van der Waals surface area contributed by atoms with Crippen molar-refractivity contribution in [3.05, 3.63) is 62.0 Å². The van der Waals surface area contributed by atoms with Crippen molar-refractivity contribution in [2.24, 2.45) is 0 Å². The van der Waals surface area contributed by atoms with E-state index in [0.717, 1.165) is 10.4 Å². The lowest BCUT2D eigenvalue weighted by Gasteiger charge is -2.04. The van der Waals surface area contributed by atoms with E-state index in [1.54, 1.807) is 4.57 Å². The molecule has 0 unspecified atom stereocenters. The van der Waals surface area contributed by atoms with Gasteiger partial charge in [0.2, 0.25) is 0 Å². The average molecular weight is 344 g/mol. The Hall–Kier alpha value is -2.34. The number of nitrogens with zero attached hydrogens (tertiary/aromatic N) is 2. The van der Waals surface area contributed by atoms with Crippen LogP contribution in [-0.4, -0.2) is 9.55 Å². The number of aromatic nitrogens is 2. The number of fused-ring (bicyclic) bond motifs is 2. The van der Waals surface area contributed by atoms with Crippen LogP contribution in [0, 0.1) is 25.5 Å². The number of halogens is 2. The molecule has 2 aromatic heterocycles. The minimum Gasteiger partial charge on any atom is -0.292 e. The Labute approximate surface area is 140 Å². The number of benzene rings is 1. The molecule has 1 aliphatic rings. The second-order valence-electron chi connectivity index (χ2n) is 5.91. The minimum absolute atomic E-state index is 0.0748. The summed E-state index contributed by atoms with van der Waals surface area (Å²) < 4.78 is 29.4. The van der Waals surface area contributed by atoms with Crippen LogP contribution in [0.25, 0.3) is 21.9 Å². The maximum absolute atomic E-state index is 13.9. The maximum atomic E-state index is 13.9. The van der Waals surface area contributed by atoms with Crippen molar-refractivity contribution < 1.29 is 8.78 Å². The fourth-order valence-electron chi connectivity index (χ4n) is 3.08. The number of aryl methyl sites for hydroxylation is 2. The summed E-state index contributed by atoms with van der Waals surface area (Å²) in [5.41, 5.74) is 1.48. The fraction of sp³-hybridized carbons (Fsp3) is 0.222. The molecule has 0 radical (unpaired) electrons. The van der Waals surface area contributed by atoms with Crippen LogP contribution in [0.15, 0.2) is 23.0 Å². The van der Waals surface area contributed by atoms with Gasteiger partial charge < -0.3 is 0 Å². The molecular formula is C18H14F2N2OS. The third-order valence-electron chi connectivity index (χ3n) is 4.50. The first-order valence-electron chi connectivity index (χ1n) is 7.63. The van der Waals surface area contributed by atoms with E-state index in [9.17, 15) is 13.6 Å². The van der Waals surface area contributed by atoms with Gasteiger partial charge in [-0.2, -0.15) is 0 Å². The predicted octanol–water partition coefficient (Wildman–Crippen LogP) is 4.30. The number of rotatable bonds is 1. The molecule has 122 valence electrons. The second kappa shape index (κ2) is 5.34. The highest BCUT2D eigenvalue weighted by molar-refractivity contribution is 7.18. The summed E-state index contributed by atoms with van der Waals surface area (Å²) in [6.07, 6.45) is 2.00. The summed E-state index contributed by atoms with van der Waals surface area (Å²) in [5, 5.41) is 0.652. The summed E-state index contributed by atoms with van der Waals surface area (Å²) in [6, 6.07) is 3.78. The molecule has 0 saturated heterocycles. The van der Waals surface area contributed by atoms with E-state index in [-0.39, 0.29) is 11.1 Å². The summed E-state index contributed by atoms with van der Waals surface area (Å²) in [6.45, 7) is 4.36. The van der Waals surface area contributed by atoms with Gasteiger partial charge in [-0.05, 0) is 49.6 Å². The lowest BCUT2D eigenvalue weighted by atomic mass is 10.1. The van der Waals surface area contributed by atoms with Crippen LogP contribution in [-0.2, 0) is 6.54 Å². The summed E-state index contributed by atoms with van der Waals surface area (Å²) in [7, 11) is 0. The summed E-state index contributed by atoms with van der Waals surface area (Å²) in [4.78, 5) is 19.1. The van der Waals surface area contributed by atoms with Crippen LogP contribution in [0.2, 0.25) is 0 Å². The van der Waals surface area contributed by atoms with Crippen LogP contribution in [0.1, 0.15) is 28.2 Å². The van der Waals surface area contributed by atoms with E-state index in [4.69, 9.17) is 0 Å². The molecule has 0 amide bonds. The summed E-state index contributed by atoms with van der Waals surface area (Å²) in [5.74, 6) is -0.726. The molecule has 3 nitrogen and oxygen atoms in total. The van der Waals surface area contributed by atoms with E-state index < -0.39 is 11.6 Å².